The monoisotopic (exact) mass is 380 g/mol. The molecule has 140 valence electrons. The first-order valence-electron chi connectivity index (χ1n) is 9.32. The Morgan fingerprint density at radius 2 is 2.07 bits per heavy atom. The van der Waals surface area contributed by atoms with Gasteiger partial charge in [0.1, 0.15) is 17.6 Å². The molecule has 0 saturated carbocycles. The van der Waals surface area contributed by atoms with Gasteiger partial charge in [-0.05, 0) is 48.2 Å². The van der Waals surface area contributed by atoms with Crippen LogP contribution in [0.25, 0.3) is 16.9 Å². The van der Waals surface area contributed by atoms with Gasteiger partial charge in [-0.1, -0.05) is 23.4 Å². The Kier molecular flexibility index (Phi) is 4.03. The minimum atomic E-state index is -0.241. The number of hydrogen-bond donors (Lipinski definition) is 1. The number of nitrogens with zero attached hydrogens (tertiary/aromatic N) is 5. The van der Waals surface area contributed by atoms with Crippen molar-refractivity contribution < 1.29 is 0 Å². The summed E-state index contributed by atoms with van der Waals surface area (Å²) in [5.41, 5.74) is 6.09. The van der Waals surface area contributed by atoms with E-state index in [-0.39, 0.29) is 6.04 Å². The molecule has 0 fully saturated rings. The number of nitroso groups, excluding NO2 is 1. The summed E-state index contributed by atoms with van der Waals surface area (Å²) in [5.74, 6) is 0.815. The fraction of sp³-hybridized carbons (Fsp3) is 0.136. The molecule has 0 spiro atoms. The molecule has 1 atom stereocenters. The summed E-state index contributed by atoms with van der Waals surface area (Å²) < 4.78 is 1.95. The van der Waals surface area contributed by atoms with E-state index < -0.39 is 0 Å². The Morgan fingerprint density at radius 1 is 1.21 bits per heavy atom. The molecule has 0 amide bonds. The fourth-order valence-electron chi connectivity index (χ4n) is 3.85. The highest BCUT2D eigenvalue weighted by Crippen LogP contribution is 2.37. The molecule has 2 aromatic carbocycles. The van der Waals surface area contributed by atoms with Gasteiger partial charge in [0.2, 0.25) is 0 Å². The first-order valence-corrected chi connectivity index (χ1v) is 9.32. The van der Waals surface area contributed by atoms with Crippen molar-refractivity contribution in [1.29, 1.82) is 5.26 Å². The molecule has 7 nitrogen and oxygen atoms in total. The summed E-state index contributed by atoms with van der Waals surface area (Å²) in [4.78, 5) is 19.9. The third-order valence-electron chi connectivity index (χ3n) is 5.30. The maximum Gasteiger partial charge on any atom is 0.157 e. The van der Waals surface area contributed by atoms with Crippen LogP contribution < -0.4 is 5.32 Å². The molecule has 5 rings (SSSR count). The molecule has 1 N–H and O–H groups in total. The van der Waals surface area contributed by atoms with Crippen LogP contribution in [0.4, 0.5) is 11.5 Å². The van der Waals surface area contributed by atoms with Gasteiger partial charge in [0.05, 0.1) is 17.8 Å². The third-order valence-corrected chi connectivity index (χ3v) is 5.30. The van der Waals surface area contributed by atoms with Gasteiger partial charge in [-0.3, -0.25) is 9.38 Å². The highest BCUT2D eigenvalue weighted by Gasteiger charge is 2.23. The zero-order valence-electron chi connectivity index (χ0n) is 15.4. The Bertz CT molecular complexity index is 1270. The Balaban J connectivity index is 1.59. The average molecular weight is 380 g/mol. The van der Waals surface area contributed by atoms with Crippen LogP contribution in [0, 0.1) is 16.2 Å². The van der Waals surface area contributed by atoms with Crippen molar-refractivity contribution in [3.05, 3.63) is 82.7 Å². The zero-order chi connectivity index (χ0) is 19.8. The van der Waals surface area contributed by atoms with Gasteiger partial charge in [0, 0.05) is 23.6 Å². The van der Waals surface area contributed by atoms with Crippen molar-refractivity contribution in [2.45, 2.75) is 18.9 Å². The van der Waals surface area contributed by atoms with Crippen molar-refractivity contribution in [2.75, 3.05) is 5.32 Å². The fourth-order valence-corrected chi connectivity index (χ4v) is 3.85. The largest absolute Gasteiger partial charge is 0.339 e. The van der Waals surface area contributed by atoms with E-state index in [1.54, 1.807) is 24.5 Å². The molecule has 29 heavy (non-hydrogen) atoms. The second kappa shape index (κ2) is 6.84. The van der Waals surface area contributed by atoms with E-state index in [4.69, 9.17) is 10.2 Å². The van der Waals surface area contributed by atoms with Gasteiger partial charge in [0.25, 0.3) is 0 Å². The van der Waals surface area contributed by atoms with Crippen LogP contribution in [0.1, 0.15) is 29.2 Å². The van der Waals surface area contributed by atoms with Gasteiger partial charge < -0.3 is 5.32 Å². The predicted octanol–water partition coefficient (Wildman–Crippen LogP) is 4.77. The van der Waals surface area contributed by atoms with Crippen LogP contribution in [-0.2, 0) is 6.42 Å². The van der Waals surface area contributed by atoms with Crippen molar-refractivity contribution in [1.82, 2.24) is 14.4 Å². The maximum absolute atomic E-state index is 11.0. The Labute approximate surface area is 166 Å². The van der Waals surface area contributed by atoms with Gasteiger partial charge in [0.15, 0.2) is 5.65 Å². The number of rotatable bonds is 4. The average Bonchev–Trinajstić information content (AvgIpc) is 3.35. The minimum Gasteiger partial charge on any atom is -0.339 e. The van der Waals surface area contributed by atoms with Crippen LogP contribution in [0.15, 0.2) is 66.2 Å². The highest BCUT2D eigenvalue weighted by atomic mass is 16.3. The van der Waals surface area contributed by atoms with Crippen molar-refractivity contribution in [3.8, 4) is 17.3 Å². The third kappa shape index (κ3) is 2.91. The predicted molar refractivity (Wildman–Crippen MR) is 110 cm³/mol. The molecule has 1 aliphatic carbocycles. The quantitative estimate of drug-likeness (QED) is 0.515. The molecule has 2 aromatic heterocycles. The van der Waals surface area contributed by atoms with E-state index in [2.05, 4.69) is 27.6 Å². The number of nitrogens with one attached hydrogen (secondary N) is 1. The molecule has 0 aliphatic heterocycles. The molecule has 2 heterocycles. The van der Waals surface area contributed by atoms with E-state index >= 15 is 0 Å². The number of aryl methyl sites for hydroxylation is 1. The number of hydrogen-bond acceptors (Lipinski definition) is 6. The second-order valence-corrected chi connectivity index (χ2v) is 7.00. The van der Waals surface area contributed by atoms with E-state index in [1.807, 2.05) is 34.9 Å². The number of benzene rings is 2. The lowest BCUT2D eigenvalue weighted by molar-refractivity contribution is 0.710. The molecule has 7 heteroatoms. The molecular weight excluding hydrogens is 364 g/mol. The van der Waals surface area contributed by atoms with Crippen molar-refractivity contribution in [3.63, 3.8) is 0 Å². The number of imidazole rings is 1. The summed E-state index contributed by atoms with van der Waals surface area (Å²) in [6.45, 7) is 0. The second-order valence-electron chi connectivity index (χ2n) is 7.00. The summed E-state index contributed by atoms with van der Waals surface area (Å²) in [6, 6.07) is 15.3. The molecule has 4 aromatic rings. The van der Waals surface area contributed by atoms with E-state index in [0.717, 1.165) is 52.4 Å². The minimum absolute atomic E-state index is 0.241. The van der Waals surface area contributed by atoms with Crippen molar-refractivity contribution >= 4 is 17.2 Å². The summed E-state index contributed by atoms with van der Waals surface area (Å²) in [5, 5.41) is 15.8. The van der Waals surface area contributed by atoms with Crippen LogP contribution in [-0.4, -0.2) is 14.4 Å². The summed E-state index contributed by atoms with van der Waals surface area (Å²) in [7, 11) is 0. The molecular formula is C22H16N6O. The zero-order valence-corrected chi connectivity index (χ0v) is 15.4. The van der Waals surface area contributed by atoms with Crippen LogP contribution in [0.5, 0.6) is 0 Å². The molecule has 1 aliphatic rings. The van der Waals surface area contributed by atoms with Crippen LogP contribution in [0.3, 0.4) is 0 Å². The van der Waals surface area contributed by atoms with E-state index in [1.165, 1.54) is 0 Å². The van der Waals surface area contributed by atoms with E-state index in [0.29, 0.717) is 5.56 Å². The van der Waals surface area contributed by atoms with Crippen LogP contribution in [0.2, 0.25) is 0 Å². The van der Waals surface area contributed by atoms with E-state index in [9.17, 15) is 4.91 Å². The van der Waals surface area contributed by atoms with Gasteiger partial charge in [-0.2, -0.15) is 10.2 Å². The van der Waals surface area contributed by atoms with Crippen molar-refractivity contribution in [2.24, 2.45) is 5.18 Å². The standard InChI is InChI=1S/C22H16N6O/c23-12-14-1-3-15(4-2-14)21-22(28-10-9-24-13-20(28)26-21)25-17-6-7-18-16(11-17)5-8-19(18)27-29/h1-4,6-7,9-11,13,19,25H,5,8H2. The molecule has 1 unspecified atom stereocenters. The number of anilines is 2. The molecule has 0 radical (unpaired) electrons. The normalized spacial score (nSPS) is 15.1. The highest BCUT2D eigenvalue weighted by molar-refractivity contribution is 5.80. The molecule has 0 bridgehead atoms. The lowest BCUT2D eigenvalue weighted by Crippen LogP contribution is -1.98. The first-order chi connectivity index (χ1) is 14.3. The first kappa shape index (κ1) is 17.1. The van der Waals surface area contributed by atoms with Gasteiger partial charge in [-0.15, -0.1) is 0 Å². The van der Waals surface area contributed by atoms with Crippen LogP contribution >= 0.6 is 0 Å². The summed E-state index contributed by atoms with van der Waals surface area (Å²) in [6.07, 6.45) is 6.89. The maximum atomic E-state index is 11.0. The number of aromatic nitrogens is 3. The Morgan fingerprint density at radius 3 is 2.86 bits per heavy atom. The summed E-state index contributed by atoms with van der Waals surface area (Å²) >= 11 is 0. The lowest BCUT2D eigenvalue weighted by Gasteiger charge is -2.11. The number of fused-ring (bicyclic) bond motifs is 2. The van der Waals surface area contributed by atoms with Gasteiger partial charge >= 0.3 is 0 Å². The van der Waals surface area contributed by atoms with Gasteiger partial charge in [-0.25, -0.2) is 4.98 Å². The smallest absolute Gasteiger partial charge is 0.157 e. The SMILES string of the molecule is N#Cc1ccc(-c2nc3cnccn3c2Nc2ccc3c(c2)CCC3N=O)cc1. The topological polar surface area (TPSA) is 95.4 Å². The lowest BCUT2D eigenvalue weighted by atomic mass is 10.1. The Hall–Kier alpha value is -4.05. The molecule has 0 saturated heterocycles. The number of nitriles is 1.